The first-order valence-electron chi connectivity index (χ1n) is 11.7. The summed E-state index contributed by atoms with van der Waals surface area (Å²) >= 11 is 6.61. The number of benzene rings is 2. The van der Waals surface area contributed by atoms with Crippen molar-refractivity contribution in [3.63, 3.8) is 0 Å². The molecule has 5 nitrogen and oxygen atoms in total. The normalized spacial score (nSPS) is 16.3. The van der Waals surface area contributed by atoms with Crippen molar-refractivity contribution < 1.29 is 4.74 Å². The second-order valence-electron chi connectivity index (χ2n) is 8.98. The van der Waals surface area contributed by atoms with Gasteiger partial charge in [0.15, 0.2) is 0 Å². The number of hydrogen-bond acceptors (Lipinski definition) is 4. The average molecular weight is 461 g/mol. The molecule has 0 bridgehead atoms. The average Bonchev–Trinajstić information content (AvgIpc) is 3.33. The molecule has 170 valence electrons. The molecule has 3 heterocycles. The van der Waals surface area contributed by atoms with Crippen LogP contribution in [0.3, 0.4) is 0 Å². The van der Waals surface area contributed by atoms with Crippen LogP contribution in [0.2, 0.25) is 5.02 Å². The van der Waals surface area contributed by atoms with Gasteiger partial charge in [0, 0.05) is 34.9 Å². The summed E-state index contributed by atoms with van der Waals surface area (Å²) in [7, 11) is 0. The Balaban J connectivity index is 1.59. The van der Waals surface area contributed by atoms with Crippen LogP contribution in [0.4, 0.5) is 0 Å². The van der Waals surface area contributed by atoms with Gasteiger partial charge in [0.05, 0.1) is 22.8 Å². The van der Waals surface area contributed by atoms with E-state index < -0.39 is 0 Å². The topological polar surface area (TPSA) is 62.8 Å². The fraction of sp³-hybridized carbons (Fsp3) is 0.333. The van der Waals surface area contributed by atoms with Crippen molar-refractivity contribution in [2.45, 2.75) is 45.6 Å². The van der Waals surface area contributed by atoms with E-state index >= 15 is 0 Å². The minimum absolute atomic E-state index is 0.520. The number of ether oxygens (including phenoxy) is 1. The number of aryl methyl sites for hydroxylation is 2. The van der Waals surface area contributed by atoms with E-state index in [9.17, 15) is 0 Å². The molecule has 6 heteroatoms. The summed E-state index contributed by atoms with van der Waals surface area (Å²) in [6.45, 7) is 5.99. The van der Waals surface area contributed by atoms with E-state index in [2.05, 4.69) is 53.6 Å². The molecule has 1 atom stereocenters. The zero-order chi connectivity index (χ0) is 22.8. The van der Waals surface area contributed by atoms with Crippen LogP contribution in [0.25, 0.3) is 33.3 Å². The lowest BCUT2D eigenvalue weighted by atomic mass is 9.98. The van der Waals surface area contributed by atoms with Gasteiger partial charge in [0.1, 0.15) is 5.75 Å². The van der Waals surface area contributed by atoms with Gasteiger partial charge in [0.25, 0.3) is 0 Å². The van der Waals surface area contributed by atoms with Crippen molar-refractivity contribution in [2.75, 3.05) is 13.2 Å². The van der Waals surface area contributed by atoms with Crippen molar-refractivity contribution in [3.05, 3.63) is 64.9 Å². The Morgan fingerprint density at radius 3 is 2.64 bits per heavy atom. The molecule has 0 radical (unpaired) electrons. The summed E-state index contributed by atoms with van der Waals surface area (Å²) in [5.74, 6) is 0.859. The summed E-state index contributed by atoms with van der Waals surface area (Å²) < 4.78 is 6.55. The van der Waals surface area contributed by atoms with E-state index in [0.717, 1.165) is 52.0 Å². The first-order chi connectivity index (χ1) is 16.1. The van der Waals surface area contributed by atoms with Gasteiger partial charge in [-0.15, -0.1) is 0 Å². The number of fused-ring (bicyclic) bond motifs is 1. The van der Waals surface area contributed by atoms with Crippen molar-refractivity contribution in [2.24, 2.45) is 0 Å². The maximum atomic E-state index is 6.61. The molecule has 0 aliphatic carbocycles. The number of piperidine rings is 1. The molecular weight excluding hydrogens is 432 g/mol. The lowest BCUT2D eigenvalue weighted by Gasteiger charge is -2.24. The third-order valence-corrected chi connectivity index (χ3v) is 6.67. The highest BCUT2D eigenvalue weighted by molar-refractivity contribution is 6.34. The van der Waals surface area contributed by atoms with Crippen LogP contribution < -0.4 is 10.1 Å². The van der Waals surface area contributed by atoms with Crippen LogP contribution in [-0.2, 0) is 0 Å². The zero-order valence-corrected chi connectivity index (χ0v) is 19.9. The molecule has 2 aromatic heterocycles. The molecule has 0 amide bonds. The number of nitrogens with one attached hydrogen (secondary N) is 2. The number of halogens is 1. The van der Waals surface area contributed by atoms with Crippen LogP contribution in [0.5, 0.6) is 5.75 Å². The van der Waals surface area contributed by atoms with Gasteiger partial charge in [-0.05, 0) is 63.4 Å². The van der Waals surface area contributed by atoms with E-state index in [-0.39, 0.29) is 0 Å². The molecule has 1 saturated heterocycles. The lowest BCUT2D eigenvalue weighted by molar-refractivity contribution is 0.271. The van der Waals surface area contributed by atoms with E-state index in [4.69, 9.17) is 21.3 Å². The fourth-order valence-electron chi connectivity index (χ4n) is 4.77. The zero-order valence-electron chi connectivity index (χ0n) is 19.1. The van der Waals surface area contributed by atoms with Crippen LogP contribution in [0.1, 0.15) is 36.8 Å². The summed E-state index contributed by atoms with van der Waals surface area (Å²) in [5.41, 5.74) is 7.14. The van der Waals surface area contributed by atoms with Crippen molar-refractivity contribution in [3.8, 4) is 28.1 Å². The third kappa shape index (κ3) is 4.75. The largest absolute Gasteiger partial charge is 0.492 e. The second-order valence-corrected chi connectivity index (χ2v) is 9.39. The highest BCUT2D eigenvalue weighted by Gasteiger charge is 2.18. The Bertz CT molecular complexity index is 1240. The van der Waals surface area contributed by atoms with Crippen molar-refractivity contribution in [1.29, 1.82) is 0 Å². The number of pyridine rings is 1. The Morgan fingerprint density at radius 2 is 1.91 bits per heavy atom. The number of H-pyrrole nitrogens is 1. The SMILES string of the molecule is Cc1cc(C)cc(-c2cnc3cc(Cl)c(-c4ccn[nH]4)cc3c2OCC[C@H]2CCCCN2)c1. The van der Waals surface area contributed by atoms with Gasteiger partial charge >= 0.3 is 0 Å². The summed E-state index contributed by atoms with van der Waals surface area (Å²) in [4.78, 5) is 4.76. The number of nitrogens with zero attached hydrogens (tertiary/aromatic N) is 2. The molecule has 1 aliphatic heterocycles. The first-order valence-corrected chi connectivity index (χ1v) is 12.0. The number of rotatable bonds is 6. The van der Waals surface area contributed by atoms with Crippen LogP contribution in [0, 0.1) is 13.8 Å². The molecule has 1 fully saturated rings. The van der Waals surface area contributed by atoms with Crippen molar-refractivity contribution in [1.82, 2.24) is 20.5 Å². The van der Waals surface area contributed by atoms with E-state index in [1.165, 1.54) is 30.4 Å². The van der Waals surface area contributed by atoms with Crippen LogP contribution in [0.15, 0.2) is 48.8 Å². The molecular formula is C27H29ClN4O. The summed E-state index contributed by atoms with van der Waals surface area (Å²) in [5, 5.41) is 12.3. The predicted octanol–water partition coefficient (Wildman–Crippen LogP) is 6.47. The van der Waals surface area contributed by atoms with Gasteiger partial charge < -0.3 is 10.1 Å². The van der Waals surface area contributed by atoms with E-state index in [1.54, 1.807) is 6.20 Å². The van der Waals surface area contributed by atoms with E-state index in [0.29, 0.717) is 17.7 Å². The number of aromatic nitrogens is 3. The van der Waals surface area contributed by atoms with Crippen molar-refractivity contribution >= 4 is 22.5 Å². The predicted molar refractivity (Wildman–Crippen MR) is 135 cm³/mol. The molecule has 0 saturated carbocycles. The molecule has 33 heavy (non-hydrogen) atoms. The smallest absolute Gasteiger partial charge is 0.138 e. The highest BCUT2D eigenvalue weighted by Crippen LogP contribution is 2.40. The Kier molecular flexibility index (Phi) is 6.34. The second kappa shape index (κ2) is 9.54. The Labute approximate surface area is 199 Å². The summed E-state index contributed by atoms with van der Waals surface area (Å²) in [6.07, 6.45) is 8.39. The van der Waals surface area contributed by atoms with E-state index in [1.807, 2.05) is 18.3 Å². The Morgan fingerprint density at radius 1 is 1.06 bits per heavy atom. The molecule has 1 aliphatic rings. The van der Waals surface area contributed by atoms with Gasteiger partial charge in [-0.2, -0.15) is 5.10 Å². The molecule has 0 unspecified atom stereocenters. The quantitative estimate of drug-likeness (QED) is 0.346. The molecule has 2 aromatic carbocycles. The Hall–Kier alpha value is -2.89. The maximum Gasteiger partial charge on any atom is 0.138 e. The molecule has 4 aromatic rings. The minimum atomic E-state index is 0.520. The molecule has 5 rings (SSSR count). The van der Waals surface area contributed by atoms with Gasteiger partial charge in [-0.1, -0.05) is 47.3 Å². The van der Waals surface area contributed by atoms with Gasteiger partial charge in [-0.25, -0.2) is 0 Å². The summed E-state index contributed by atoms with van der Waals surface area (Å²) in [6, 6.07) is 13.0. The third-order valence-electron chi connectivity index (χ3n) is 6.36. The lowest BCUT2D eigenvalue weighted by Crippen LogP contribution is -2.35. The van der Waals surface area contributed by atoms with Gasteiger partial charge in [-0.3, -0.25) is 10.1 Å². The highest BCUT2D eigenvalue weighted by atomic mass is 35.5. The molecule has 2 N–H and O–H groups in total. The van der Waals surface area contributed by atoms with Crippen LogP contribution >= 0.6 is 11.6 Å². The first kappa shape index (κ1) is 21.9. The van der Waals surface area contributed by atoms with Gasteiger partial charge in [0.2, 0.25) is 0 Å². The fourth-order valence-corrected chi connectivity index (χ4v) is 5.03. The van der Waals surface area contributed by atoms with Crippen LogP contribution in [-0.4, -0.2) is 34.4 Å². The standard InChI is InChI=1S/C27H29ClN4O/c1-17-11-18(2)13-19(12-17)23-16-30-26-15-24(28)21(25-6-9-31-32-25)14-22(26)27(23)33-10-7-20-5-3-4-8-29-20/h6,9,11-16,20,29H,3-5,7-8,10H2,1-2H3,(H,31,32)/t20-/m1/s1. The monoisotopic (exact) mass is 460 g/mol. The molecule has 0 spiro atoms. The number of hydrogen-bond donors (Lipinski definition) is 2. The maximum absolute atomic E-state index is 6.61. The number of aromatic amines is 1. The minimum Gasteiger partial charge on any atom is -0.492 e.